The molecule has 0 bridgehead atoms. The summed E-state index contributed by atoms with van der Waals surface area (Å²) in [7, 11) is 0. The third-order valence-corrected chi connectivity index (χ3v) is 4.20. The number of rotatable bonds is 2. The van der Waals surface area contributed by atoms with E-state index >= 15 is 0 Å². The maximum absolute atomic E-state index is 6.12. The van der Waals surface area contributed by atoms with Crippen molar-refractivity contribution < 1.29 is 0 Å². The Bertz CT molecular complexity index is 367. The molecule has 3 heteroatoms. The second-order valence-corrected chi connectivity index (χ2v) is 5.23. The molecule has 1 aromatic rings. The average Bonchev–Trinajstić information content (AvgIpc) is 2.73. The number of hydrogen-bond donors (Lipinski definition) is 0. The molecule has 2 nitrogen and oxygen atoms in total. The van der Waals surface area contributed by atoms with E-state index < -0.39 is 0 Å². The Labute approximate surface area is 102 Å². The quantitative estimate of drug-likeness (QED) is 0.727. The van der Waals surface area contributed by atoms with Gasteiger partial charge in [-0.2, -0.15) is 0 Å². The van der Waals surface area contributed by atoms with E-state index in [1.807, 2.05) is 13.8 Å². The zero-order valence-electron chi connectivity index (χ0n) is 10.3. The van der Waals surface area contributed by atoms with Gasteiger partial charge in [0, 0.05) is 17.2 Å². The second-order valence-electron chi connectivity index (χ2n) is 4.87. The van der Waals surface area contributed by atoms with Crippen LogP contribution in [0.25, 0.3) is 0 Å². The summed E-state index contributed by atoms with van der Waals surface area (Å²) in [5.74, 6) is 2.35. The minimum Gasteiger partial charge on any atom is -0.238 e. The van der Waals surface area contributed by atoms with Gasteiger partial charge in [-0.1, -0.05) is 24.9 Å². The van der Waals surface area contributed by atoms with Crippen molar-refractivity contribution in [1.82, 2.24) is 9.97 Å². The summed E-state index contributed by atoms with van der Waals surface area (Å²) < 4.78 is 0. The van der Waals surface area contributed by atoms with E-state index in [1.165, 1.54) is 25.7 Å². The van der Waals surface area contributed by atoms with Crippen LogP contribution in [0.3, 0.4) is 0 Å². The molecule has 1 heterocycles. The van der Waals surface area contributed by atoms with Gasteiger partial charge in [0.2, 0.25) is 0 Å². The van der Waals surface area contributed by atoms with Gasteiger partial charge in [-0.25, -0.2) is 9.97 Å². The summed E-state index contributed by atoms with van der Waals surface area (Å²) >= 11 is 6.12. The molecule has 16 heavy (non-hydrogen) atoms. The molecule has 2 unspecified atom stereocenters. The van der Waals surface area contributed by atoms with Crippen LogP contribution in [-0.4, -0.2) is 9.97 Å². The molecule has 1 aliphatic carbocycles. The molecule has 2 rings (SSSR count). The van der Waals surface area contributed by atoms with E-state index in [1.54, 1.807) is 0 Å². The Balaban J connectivity index is 2.22. The number of aromatic nitrogens is 2. The molecule has 0 spiro atoms. The normalized spacial score (nSPS) is 25.0. The molecule has 0 aliphatic heterocycles. The first-order chi connectivity index (χ1) is 7.61. The van der Waals surface area contributed by atoms with Crippen LogP contribution in [0.1, 0.15) is 55.6 Å². The van der Waals surface area contributed by atoms with E-state index in [2.05, 4.69) is 16.9 Å². The van der Waals surface area contributed by atoms with Gasteiger partial charge in [-0.15, -0.1) is 0 Å². The maximum atomic E-state index is 6.12. The maximum Gasteiger partial charge on any atom is 0.135 e. The summed E-state index contributed by atoms with van der Waals surface area (Å²) in [6, 6.07) is 0. The lowest BCUT2D eigenvalue weighted by molar-refractivity contribution is 0.516. The van der Waals surface area contributed by atoms with Gasteiger partial charge < -0.3 is 0 Å². The second kappa shape index (κ2) is 4.70. The summed E-state index contributed by atoms with van der Waals surface area (Å²) in [5.41, 5.74) is 2.03. The van der Waals surface area contributed by atoms with Crippen molar-refractivity contribution in [3.8, 4) is 0 Å². The standard InChI is InChI=1S/C13H19ClN2/c1-4-10-5-6-11(7-10)13-15-9(3)8(2)12(14)16-13/h10-11H,4-7H2,1-3H3. The van der Waals surface area contributed by atoms with Crippen LogP contribution < -0.4 is 0 Å². The minimum atomic E-state index is 0.529. The molecule has 1 aliphatic rings. The molecular formula is C13H19ClN2. The van der Waals surface area contributed by atoms with Crippen molar-refractivity contribution >= 4 is 11.6 Å². The predicted octanol–water partition coefficient (Wildman–Crippen LogP) is 4.04. The lowest BCUT2D eigenvalue weighted by Gasteiger charge is -2.11. The molecule has 0 aromatic carbocycles. The van der Waals surface area contributed by atoms with Gasteiger partial charge in [0.25, 0.3) is 0 Å². The highest BCUT2D eigenvalue weighted by Gasteiger charge is 2.27. The van der Waals surface area contributed by atoms with Crippen LogP contribution in [0.4, 0.5) is 0 Å². The first-order valence-electron chi connectivity index (χ1n) is 6.12. The number of hydrogen-bond acceptors (Lipinski definition) is 2. The highest BCUT2D eigenvalue weighted by atomic mass is 35.5. The Morgan fingerprint density at radius 1 is 1.25 bits per heavy atom. The molecule has 0 amide bonds. The molecule has 1 fully saturated rings. The van der Waals surface area contributed by atoms with Crippen LogP contribution in [0.5, 0.6) is 0 Å². The van der Waals surface area contributed by atoms with E-state index in [0.29, 0.717) is 11.1 Å². The van der Waals surface area contributed by atoms with Gasteiger partial charge in [0.05, 0.1) is 0 Å². The van der Waals surface area contributed by atoms with Crippen molar-refractivity contribution in [1.29, 1.82) is 0 Å². The van der Waals surface area contributed by atoms with Crippen molar-refractivity contribution in [3.05, 3.63) is 22.2 Å². The van der Waals surface area contributed by atoms with Gasteiger partial charge >= 0.3 is 0 Å². The lowest BCUT2D eigenvalue weighted by atomic mass is 10.0. The lowest BCUT2D eigenvalue weighted by Crippen LogP contribution is -2.05. The van der Waals surface area contributed by atoms with Crippen LogP contribution in [0.15, 0.2) is 0 Å². The molecular weight excluding hydrogens is 220 g/mol. The van der Waals surface area contributed by atoms with Crippen molar-refractivity contribution in [3.63, 3.8) is 0 Å². The monoisotopic (exact) mass is 238 g/mol. The fourth-order valence-corrected chi connectivity index (χ4v) is 2.70. The van der Waals surface area contributed by atoms with Gasteiger partial charge in [-0.3, -0.25) is 0 Å². The van der Waals surface area contributed by atoms with E-state index in [9.17, 15) is 0 Å². The molecule has 0 radical (unpaired) electrons. The summed E-state index contributed by atoms with van der Waals surface area (Å²) in [4.78, 5) is 9.03. The predicted molar refractivity (Wildman–Crippen MR) is 66.9 cm³/mol. The largest absolute Gasteiger partial charge is 0.238 e. The SMILES string of the molecule is CCC1CCC(c2nc(C)c(C)c(Cl)n2)C1. The third-order valence-electron chi connectivity index (χ3n) is 3.83. The van der Waals surface area contributed by atoms with Gasteiger partial charge in [0.1, 0.15) is 11.0 Å². The van der Waals surface area contributed by atoms with Gasteiger partial charge in [-0.05, 0) is 39.0 Å². The first-order valence-corrected chi connectivity index (χ1v) is 6.50. The Morgan fingerprint density at radius 3 is 2.56 bits per heavy atom. The van der Waals surface area contributed by atoms with E-state index in [0.717, 1.165) is 23.0 Å². The molecule has 0 N–H and O–H groups in total. The molecule has 1 aromatic heterocycles. The van der Waals surface area contributed by atoms with Crippen LogP contribution in [-0.2, 0) is 0 Å². The molecule has 0 saturated heterocycles. The molecule has 1 saturated carbocycles. The van der Waals surface area contributed by atoms with Crippen molar-refractivity contribution in [2.45, 2.75) is 52.4 Å². The summed E-state index contributed by atoms with van der Waals surface area (Å²) in [6.07, 6.45) is 5.04. The zero-order valence-corrected chi connectivity index (χ0v) is 11.0. The number of nitrogens with zero attached hydrogens (tertiary/aromatic N) is 2. The average molecular weight is 239 g/mol. The molecule has 88 valence electrons. The zero-order chi connectivity index (χ0) is 11.7. The Kier molecular flexibility index (Phi) is 3.48. The first kappa shape index (κ1) is 11.8. The highest BCUT2D eigenvalue weighted by molar-refractivity contribution is 6.30. The highest BCUT2D eigenvalue weighted by Crippen LogP contribution is 2.38. The third kappa shape index (κ3) is 2.22. The minimum absolute atomic E-state index is 0.529. The fraction of sp³-hybridized carbons (Fsp3) is 0.692. The molecule has 2 atom stereocenters. The topological polar surface area (TPSA) is 25.8 Å². The van der Waals surface area contributed by atoms with Crippen LogP contribution in [0.2, 0.25) is 5.15 Å². The number of halogens is 1. The van der Waals surface area contributed by atoms with E-state index in [4.69, 9.17) is 11.6 Å². The van der Waals surface area contributed by atoms with Crippen LogP contribution >= 0.6 is 11.6 Å². The van der Waals surface area contributed by atoms with Crippen molar-refractivity contribution in [2.24, 2.45) is 5.92 Å². The smallest absolute Gasteiger partial charge is 0.135 e. The van der Waals surface area contributed by atoms with Gasteiger partial charge in [0.15, 0.2) is 0 Å². The Morgan fingerprint density at radius 2 is 2.00 bits per heavy atom. The Hall–Kier alpha value is -0.630. The van der Waals surface area contributed by atoms with Crippen LogP contribution in [0, 0.1) is 19.8 Å². The van der Waals surface area contributed by atoms with Crippen molar-refractivity contribution in [2.75, 3.05) is 0 Å². The fourth-order valence-electron chi connectivity index (χ4n) is 2.48. The summed E-state index contributed by atoms with van der Waals surface area (Å²) in [5, 5.41) is 0.627. The number of aryl methyl sites for hydroxylation is 1. The summed E-state index contributed by atoms with van der Waals surface area (Å²) in [6.45, 7) is 6.25. The van der Waals surface area contributed by atoms with E-state index in [-0.39, 0.29) is 0 Å².